The first-order valence-electron chi connectivity index (χ1n) is 6.80. The zero-order valence-electron chi connectivity index (χ0n) is 10.9. The fourth-order valence-corrected chi connectivity index (χ4v) is 2.53. The topological polar surface area (TPSA) is 12.9 Å². The third-order valence-corrected chi connectivity index (χ3v) is 3.52. The van der Waals surface area contributed by atoms with Crippen LogP contribution in [0.1, 0.15) is 17.5 Å². The van der Waals surface area contributed by atoms with Crippen molar-refractivity contribution in [2.45, 2.75) is 19.3 Å². The van der Waals surface area contributed by atoms with Crippen molar-refractivity contribution in [3.63, 3.8) is 0 Å². The Morgan fingerprint density at radius 2 is 1.32 bits per heavy atom. The molecule has 1 heteroatoms. The van der Waals surface area contributed by atoms with Crippen molar-refractivity contribution in [2.75, 3.05) is 0 Å². The zero-order valence-corrected chi connectivity index (χ0v) is 10.9. The lowest BCUT2D eigenvalue weighted by Crippen LogP contribution is -1.77. The first-order chi connectivity index (χ1) is 9.43. The molecule has 2 aromatic carbocycles. The van der Waals surface area contributed by atoms with E-state index >= 15 is 0 Å². The Kier molecular flexibility index (Phi) is 3.55. The highest BCUT2D eigenvalue weighted by Gasteiger charge is 2.07. The molecule has 0 saturated heterocycles. The lowest BCUT2D eigenvalue weighted by atomic mass is 10.1. The van der Waals surface area contributed by atoms with Crippen molar-refractivity contribution in [2.24, 2.45) is 0 Å². The Bertz CT molecular complexity index is 585. The van der Waals surface area contributed by atoms with Gasteiger partial charge in [0.25, 0.3) is 0 Å². The third-order valence-electron chi connectivity index (χ3n) is 3.52. The van der Waals surface area contributed by atoms with Gasteiger partial charge in [-0.3, -0.25) is 4.98 Å². The van der Waals surface area contributed by atoms with Gasteiger partial charge in [-0.15, -0.1) is 0 Å². The number of pyridine rings is 1. The molecule has 0 spiro atoms. The van der Waals surface area contributed by atoms with Gasteiger partial charge in [0.15, 0.2) is 0 Å². The minimum atomic E-state index is 1.06. The average molecular weight is 247 g/mol. The Morgan fingerprint density at radius 1 is 0.684 bits per heavy atom. The standard InChI is InChI=1S/C9H7N.C9H10/c1-2-6-9-8(4-1)5-3-7-10-9;1-2-5-9-7-3-6-8(9)4-1/h1-7H;1-2,4-5H,3,6-7H2. The van der Waals surface area contributed by atoms with Crippen LogP contribution < -0.4 is 0 Å². The molecule has 0 saturated carbocycles. The maximum Gasteiger partial charge on any atom is 0.0701 e. The number of nitrogens with zero attached hydrogens (tertiary/aromatic N) is 1. The molecule has 3 aromatic rings. The molecule has 94 valence electrons. The second kappa shape index (κ2) is 5.66. The number of fused-ring (bicyclic) bond motifs is 2. The fourth-order valence-electron chi connectivity index (χ4n) is 2.53. The van der Waals surface area contributed by atoms with E-state index in [0.717, 1.165) is 5.52 Å². The van der Waals surface area contributed by atoms with Gasteiger partial charge in [-0.05, 0) is 42.5 Å². The van der Waals surface area contributed by atoms with Crippen LogP contribution in [0.2, 0.25) is 0 Å². The van der Waals surface area contributed by atoms with E-state index < -0.39 is 0 Å². The number of aromatic nitrogens is 1. The predicted octanol–water partition coefficient (Wildman–Crippen LogP) is 4.41. The van der Waals surface area contributed by atoms with Gasteiger partial charge in [-0.1, -0.05) is 48.5 Å². The van der Waals surface area contributed by atoms with E-state index in [1.54, 1.807) is 11.1 Å². The van der Waals surface area contributed by atoms with Gasteiger partial charge >= 0.3 is 0 Å². The molecule has 0 unspecified atom stereocenters. The average Bonchev–Trinajstić information content (AvgIpc) is 2.96. The fraction of sp³-hybridized carbons (Fsp3) is 0.167. The molecule has 0 bridgehead atoms. The van der Waals surface area contributed by atoms with Gasteiger partial charge in [0.2, 0.25) is 0 Å². The van der Waals surface area contributed by atoms with Crippen LogP contribution in [0.3, 0.4) is 0 Å². The molecular formula is C18H17N. The molecule has 1 aliphatic rings. The van der Waals surface area contributed by atoms with Gasteiger partial charge in [-0.25, -0.2) is 0 Å². The monoisotopic (exact) mass is 247 g/mol. The molecule has 1 aromatic heterocycles. The summed E-state index contributed by atoms with van der Waals surface area (Å²) in [6, 6.07) is 20.8. The van der Waals surface area contributed by atoms with E-state index in [1.165, 1.54) is 24.6 Å². The highest BCUT2D eigenvalue weighted by atomic mass is 14.6. The molecule has 0 N–H and O–H groups in total. The van der Waals surface area contributed by atoms with E-state index in [1.807, 2.05) is 30.5 Å². The molecule has 0 aliphatic heterocycles. The second-order valence-corrected chi connectivity index (χ2v) is 4.82. The minimum absolute atomic E-state index is 1.06. The first-order valence-corrected chi connectivity index (χ1v) is 6.80. The van der Waals surface area contributed by atoms with E-state index in [2.05, 4.69) is 41.4 Å². The van der Waals surface area contributed by atoms with Gasteiger partial charge in [0.1, 0.15) is 0 Å². The van der Waals surface area contributed by atoms with E-state index in [-0.39, 0.29) is 0 Å². The highest BCUT2D eigenvalue weighted by Crippen LogP contribution is 2.20. The van der Waals surface area contributed by atoms with Crippen molar-refractivity contribution in [3.05, 3.63) is 78.0 Å². The molecule has 0 fully saturated rings. The molecule has 0 amide bonds. The Morgan fingerprint density at radius 3 is 2.05 bits per heavy atom. The summed E-state index contributed by atoms with van der Waals surface area (Å²) in [6.45, 7) is 0. The van der Waals surface area contributed by atoms with Crippen LogP contribution in [0.5, 0.6) is 0 Å². The molecule has 1 nitrogen and oxygen atoms in total. The third kappa shape index (κ3) is 2.82. The molecule has 1 heterocycles. The number of aryl methyl sites for hydroxylation is 2. The van der Waals surface area contributed by atoms with Gasteiger partial charge in [0.05, 0.1) is 5.52 Å². The molecule has 0 radical (unpaired) electrons. The van der Waals surface area contributed by atoms with Gasteiger partial charge in [0, 0.05) is 11.6 Å². The molecule has 4 rings (SSSR count). The van der Waals surface area contributed by atoms with Crippen LogP contribution in [-0.4, -0.2) is 4.98 Å². The summed E-state index contributed by atoms with van der Waals surface area (Å²) in [6.07, 6.45) is 5.77. The van der Waals surface area contributed by atoms with Gasteiger partial charge < -0.3 is 0 Å². The molecule has 19 heavy (non-hydrogen) atoms. The van der Waals surface area contributed by atoms with E-state index in [0.29, 0.717) is 0 Å². The zero-order chi connectivity index (χ0) is 12.9. The maximum atomic E-state index is 4.18. The van der Waals surface area contributed by atoms with Crippen LogP contribution in [0.15, 0.2) is 66.9 Å². The van der Waals surface area contributed by atoms with Crippen molar-refractivity contribution in [1.29, 1.82) is 0 Å². The quantitative estimate of drug-likeness (QED) is 0.573. The lowest BCUT2D eigenvalue weighted by molar-refractivity contribution is 0.912. The van der Waals surface area contributed by atoms with Gasteiger partial charge in [-0.2, -0.15) is 0 Å². The number of hydrogen-bond acceptors (Lipinski definition) is 1. The summed E-state index contributed by atoms with van der Waals surface area (Å²) >= 11 is 0. The number of hydrogen-bond donors (Lipinski definition) is 0. The maximum absolute atomic E-state index is 4.18. The summed E-state index contributed by atoms with van der Waals surface area (Å²) in [4.78, 5) is 4.18. The highest BCUT2D eigenvalue weighted by molar-refractivity contribution is 5.77. The lowest BCUT2D eigenvalue weighted by Gasteiger charge is -1.93. The largest absolute Gasteiger partial charge is 0.256 e. The summed E-state index contributed by atoms with van der Waals surface area (Å²) in [5.41, 5.74) is 4.19. The van der Waals surface area contributed by atoms with Crippen molar-refractivity contribution in [3.8, 4) is 0 Å². The predicted molar refractivity (Wildman–Crippen MR) is 80.2 cm³/mol. The SMILES string of the molecule is c1ccc2c(c1)CCC2.c1ccc2ncccc2c1. The summed E-state index contributed by atoms with van der Waals surface area (Å²) in [5.74, 6) is 0. The molecule has 1 aliphatic carbocycles. The Hall–Kier alpha value is -2.15. The summed E-state index contributed by atoms with van der Waals surface area (Å²) in [7, 11) is 0. The van der Waals surface area contributed by atoms with Crippen molar-refractivity contribution >= 4 is 10.9 Å². The van der Waals surface area contributed by atoms with Crippen LogP contribution in [0, 0.1) is 0 Å². The van der Waals surface area contributed by atoms with E-state index in [9.17, 15) is 0 Å². The smallest absolute Gasteiger partial charge is 0.0701 e. The Balaban J connectivity index is 0.000000117. The first kappa shape index (κ1) is 11.9. The van der Waals surface area contributed by atoms with Crippen molar-refractivity contribution < 1.29 is 0 Å². The molecular weight excluding hydrogens is 230 g/mol. The van der Waals surface area contributed by atoms with Crippen LogP contribution >= 0.6 is 0 Å². The number of para-hydroxylation sites is 1. The number of rotatable bonds is 0. The normalized spacial score (nSPS) is 12.6. The van der Waals surface area contributed by atoms with Crippen LogP contribution in [0.4, 0.5) is 0 Å². The second-order valence-electron chi connectivity index (χ2n) is 4.82. The summed E-state index contributed by atoms with van der Waals surface area (Å²) < 4.78 is 0. The minimum Gasteiger partial charge on any atom is -0.256 e. The number of benzene rings is 2. The Labute approximate surface area is 113 Å². The van der Waals surface area contributed by atoms with Crippen LogP contribution in [0.25, 0.3) is 10.9 Å². The summed E-state index contributed by atoms with van der Waals surface area (Å²) in [5, 5.41) is 1.20. The van der Waals surface area contributed by atoms with Crippen molar-refractivity contribution in [1.82, 2.24) is 4.98 Å². The van der Waals surface area contributed by atoms with Crippen LogP contribution in [-0.2, 0) is 12.8 Å². The van der Waals surface area contributed by atoms with E-state index in [4.69, 9.17) is 0 Å². The molecule has 0 atom stereocenters.